The molecule has 0 saturated heterocycles. The fourth-order valence-electron chi connectivity index (χ4n) is 2.00. The summed E-state index contributed by atoms with van der Waals surface area (Å²) >= 11 is 1.13. The number of carbonyl (C=O) groups is 2. The third-order valence-electron chi connectivity index (χ3n) is 3.30. The van der Waals surface area contributed by atoms with Crippen LogP contribution in [-0.2, 0) is 14.3 Å². The predicted octanol–water partition coefficient (Wildman–Crippen LogP) is 4.61. The lowest BCUT2D eigenvalue weighted by molar-refractivity contribution is -0.157. The maximum atomic E-state index is 12.1. The van der Waals surface area contributed by atoms with Crippen molar-refractivity contribution in [2.24, 2.45) is 11.8 Å². The van der Waals surface area contributed by atoms with Gasteiger partial charge < -0.3 is 4.74 Å². The lowest BCUT2D eigenvalue weighted by Crippen LogP contribution is -2.29. The Labute approximate surface area is 133 Å². The first-order valence-corrected chi connectivity index (χ1v) is 8.93. The monoisotopic (exact) mass is 314 g/mol. The van der Waals surface area contributed by atoms with Crippen molar-refractivity contribution < 1.29 is 14.3 Å². The minimum atomic E-state index is -0.606. The smallest absolute Gasteiger partial charge is 0.309 e. The Morgan fingerprint density at radius 1 is 1.19 bits per heavy atom. The van der Waals surface area contributed by atoms with Crippen molar-refractivity contribution in [2.75, 3.05) is 6.26 Å². The summed E-state index contributed by atoms with van der Waals surface area (Å²) < 4.78 is 5.43. The zero-order valence-electron chi connectivity index (χ0n) is 14.1. The van der Waals surface area contributed by atoms with Crippen LogP contribution in [0.3, 0.4) is 0 Å². The van der Waals surface area contributed by atoms with Gasteiger partial charge in [-0.15, -0.1) is 6.58 Å². The van der Waals surface area contributed by atoms with Gasteiger partial charge in [0.25, 0.3) is 0 Å². The Morgan fingerprint density at radius 2 is 1.81 bits per heavy atom. The number of carbonyl (C=O) groups excluding carboxylic acids is 2. The van der Waals surface area contributed by atoms with Crippen molar-refractivity contribution in [3.05, 3.63) is 12.2 Å². The lowest BCUT2D eigenvalue weighted by atomic mass is 10.0. The summed E-state index contributed by atoms with van der Waals surface area (Å²) in [5.41, 5.74) is 1.17. The van der Waals surface area contributed by atoms with E-state index in [9.17, 15) is 9.59 Å². The van der Waals surface area contributed by atoms with E-state index < -0.39 is 6.10 Å². The highest BCUT2D eigenvalue weighted by Crippen LogP contribution is 2.19. The molecule has 0 saturated carbocycles. The number of hydrogen-bond acceptors (Lipinski definition) is 4. The van der Waals surface area contributed by atoms with E-state index in [1.54, 1.807) is 6.26 Å². The van der Waals surface area contributed by atoms with Gasteiger partial charge in [-0.1, -0.05) is 44.5 Å². The molecule has 4 heteroatoms. The zero-order valence-corrected chi connectivity index (χ0v) is 14.9. The van der Waals surface area contributed by atoms with Crippen LogP contribution in [0.5, 0.6) is 0 Å². The molecule has 0 radical (unpaired) electrons. The third kappa shape index (κ3) is 9.72. The summed E-state index contributed by atoms with van der Waals surface area (Å²) in [6.07, 6.45) is 5.54. The Balaban J connectivity index is 4.27. The number of allylic oxidation sites excluding steroid dienone is 1. The topological polar surface area (TPSA) is 43.4 Å². The second-order valence-corrected chi connectivity index (χ2v) is 6.99. The first-order valence-electron chi connectivity index (χ1n) is 7.70. The molecule has 21 heavy (non-hydrogen) atoms. The van der Waals surface area contributed by atoms with Crippen molar-refractivity contribution in [2.45, 2.75) is 65.9 Å². The van der Waals surface area contributed by atoms with Crippen LogP contribution in [0, 0.1) is 11.8 Å². The highest BCUT2D eigenvalue weighted by molar-refractivity contribution is 8.13. The molecule has 2 unspecified atom stereocenters. The standard InChI is InChI=1S/C17H30O3S/c1-12(2)9-7-8-10-14(5)16(18)20-15(11-13(3)4)17(19)21-6/h13-15H,1,7-11H2,2-6H3. The van der Waals surface area contributed by atoms with Gasteiger partial charge in [-0.3, -0.25) is 9.59 Å². The second kappa shape index (κ2) is 10.9. The van der Waals surface area contributed by atoms with E-state index in [0.29, 0.717) is 12.3 Å². The molecule has 2 atom stereocenters. The van der Waals surface area contributed by atoms with Crippen LogP contribution in [0.4, 0.5) is 0 Å². The number of hydrogen-bond donors (Lipinski definition) is 0. The van der Waals surface area contributed by atoms with Crippen LogP contribution in [0.2, 0.25) is 0 Å². The number of esters is 1. The summed E-state index contributed by atoms with van der Waals surface area (Å²) in [5.74, 6) is -0.0809. The van der Waals surface area contributed by atoms with Crippen LogP contribution in [0.1, 0.15) is 59.8 Å². The van der Waals surface area contributed by atoms with E-state index in [1.807, 2.05) is 27.7 Å². The summed E-state index contributed by atoms with van der Waals surface area (Å²) in [7, 11) is 0. The van der Waals surface area contributed by atoms with Crippen LogP contribution in [0.15, 0.2) is 12.2 Å². The van der Waals surface area contributed by atoms with Crippen molar-refractivity contribution in [3.63, 3.8) is 0 Å². The van der Waals surface area contributed by atoms with Gasteiger partial charge in [0.2, 0.25) is 5.12 Å². The maximum absolute atomic E-state index is 12.1. The van der Waals surface area contributed by atoms with Gasteiger partial charge >= 0.3 is 5.97 Å². The van der Waals surface area contributed by atoms with Crippen molar-refractivity contribution in [3.8, 4) is 0 Å². The van der Waals surface area contributed by atoms with Crippen molar-refractivity contribution in [1.82, 2.24) is 0 Å². The summed E-state index contributed by atoms with van der Waals surface area (Å²) in [6.45, 7) is 11.8. The Hall–Kier alpha value is -0.770. The van der Waals surface area contributed by atoms with Gasteiger partial charge in [-0.2, -0.15) is 0 Å². The average molecular weight is 314 g/mol. The molecule has 0 N–H and O–H groups in total. The molecule has 0 aliphatic heterocycles. The molecular formula is C17H30O3S. The van der Waals surface area contributed by atoms with Gasteiger partial charge in [0.1, 0.15) is 0 Å². The number of thioether (sulfide) groups is 1. The summed E-state index contributed by atoms with van der Waals surface area (Å²) in [6, 6.07) is 0. The van der Waals surface area contributed by atoms with Gasteiger partial charge in [-0.05, 0) is 44.8 Å². The molecule has 0 heterocycles. The SMILES string of the molecule is C=C(C)CCCCC(C)C(=O)OC(CC(C)C)C(=O)SC. The van der Waals surface area contributed by atoms with E-state index in [-0.39, 0.29) is 17.0 Å². The van der Waals surface area contributed by atoms with E-state index in [4.69, 9.17) is 4.74 Å². The van der Waals surface area contributed by atoms with Gasteiger partial charge in [0.15, 0.2) is 6.10 Å². The van der Waals surface area contributed by atoms with Crippen LogP contribution >= 0.6 is 11.8 Å². The highest BCUT2D eigenvalue weighted by Gasteiger charge is 2.25. The molecule has 0 aromatic rings. The molecule has 0 aromatic heterocycles. The summed E-state index contributed by atoms with van der Waals surface area (Å²) in [4.78, 5) is 23.9. The largest absolute Gasteiger partial charge is 0.453 e. The summed E-state index contributed by atoms with van der Waals surface area (Å²) in [5, 5.41) is -0.0634. The average Bonchev–Trinajstić information content (AvgIpc) is 2.40. The van der Waals surface area contributed by atoms with Crippen molar-refractivity contribution in [1.29, 1.82) is 0 Å². The fraction of sp³-hybridized carbons (Fsp3) is 0.765. The van der Waals surface area contributed by atoms with Gasteiger partial charge in [0.05, 0.1) is 5.92 Å². The second-order valence-electron chi connectivity index (χ2n) is 6.18. The molecule has 0 fully saturated rings. The zero-order chi connectivity index (χ0) is 16.4. The molecule has 122 valence electrons. The third-order valence-corrected chi connectivity index (χ3v) is 3.97. The predicted molar refractivity (Wildman–Crippen MR) is 90.3 cm³/mol. The number of unbranched alkanes of at least 4 members (excludes halogenated alkanes) is 1. The fourth-order valence-corrected chi connectivity index (χ4v) is 2.41. The molecule has 0 rings (SSSR count). The molecule has 0 bridgehead atoms. The maximum Gasteiger partial charge on any atom is 0.309 e. The first-order chi connectivity index (χ1) is 9.77. The minimum Gasteiger partial charge on any atom is -0.453 e. The molecule has 0 aromatic carbocycles. The van der Waals surface area contributed by atoms with E-state index in [2.05, 4.69) is 6.58 Å². The van der Waals surface area contributed by atoms with Crippen LogP contribution in [-0.4, -0.2) is 23.4 Å². The molecular weight excluding hydrogens is 284 g/mol. The van der Waals surface area contributed by atoms with Gasteiger partial charge in [0, 0.05) is 0 Å². The first kappa shape index (κ1) is 20.2. The molecule has 0 spiro atoms. The van der Waals surface area contributed by atoms with E-state index in [1.165, 1.54) is 5.57 Å². The Kier molecular flexibility index (Phi) is 10.5. The quantitative estimate of drug-likeness (QED) is 0.335. The molecule has 0 amide bonds. The molecule has 0 aliphatic rings. The normalized spacial score (nSPS) is 13.8. The van der Waals surface area contributed by atoms with E-state index >= 15 is 0 Å². The van der Waals surface area contributed by atoms with Crippen LogP contribution in [0.25, 0.3) is 0 Å². The molecule has 0 aliphatic carbocycles. The number of ether oxygens (including phenoxy) is 1. The minimum absolute atomic E-state index is 0.0634. The number of rotatable bonds is 10. The highest BCUT2D eigenvalue weighted by atomic mass is 32.2. The van der Waals surface area contributed by atoms with Crippen molar-refractivity contribution >= 4 is 22.8 Å². The van der Waals surface area contributed by atoms with E-state index in [0.717, 1.165) is 37.4 Å². The molecule has 3 nitrogen and oxygen atoms in total. The Morgan fingerprint density at radius 3 is 2.29 bits per heavy atom. The van der Waals surface area contributed by atoms with Gasteiger partial charge in [-0.25, -0.2) is 0 Å². The lowest BCUT2D eigenvalue weighted by Gasteiger charge is -2.20. The van der Waals surface area contributed by atoms with Crippen LogP contribution < -0.4 is 0 Å². The Bertz CT molecular complexity index is 350.